The Morgan fingerprint density at radius 2 is 2.04 bits per heavy atom. The average Bonchev–Trinajstić information content (AvgIpc) is 3.07. The molecular formula is C17H18BrFN2O2S. The van der Waals surface area contributed by atoms with Gasteiger partial charge in [0, 0.05) is 42.1 Å². The molecule has 0 atom stereocenters. The quantitative estimate of drug-likeness (QED) is 0.754. The van der Waals surface area contributed by atoms with Crippen LogP contribution in [0.15, 0.2) is 40.2 Å². The van der Waals surface area contributed by atoms with E-state index in [1.165, 1.54) is 17.0 Å². The van der Waals surface area contributed by atoms with Gasteiger partial charge >= 0.3 is 0 Å². The van der Waals surface area contributed by atoms with E-state index < -0.39 is 5.82 Å². The average molecular weight is 413 g/mol. The zero-order valence-electron chi connectivity index (χ0n) is 13.1. The third kappa shape index (κ3) is 4.55. The van der Waals surface area contributed by atoms with Crippen molar-refractivity contribution in [2.75, 3.05) is 32.8 Å². The van der Waals surface area contributed by atoms with Crippen molar-refractivity contribution in [1.29, 1.82) is 0 Å². The topological polar surface area (TPSA) is 32.8 Å². The van der Waals surface area contributed by atoms with E-state index in [2.05, 4.69) is 38.3 Å². The maximum Gasteiger partial charge on any atom is 0.260 e. The van der Waals surface area contributed by atoms with E-state index in [-0.39, 0.29) is 18.3 Å². The highest BCUT2D eigenvalue weighted by atomic mass is 79.9. The Morgan fingerprint density at radius 1 is 1.25 bits per heavy atom. The number of piperazine rings is 1. The predicted molar refractivity (Wildman–Crippen MR) is 95.8 cm³/mol. The summed E-state index contributed by atoms with van der Waals surface area (Å²) in [5.74, 6) is -0.478. The van der Waals surface area contributed by atoms with Crippen LogP contribution in [0.3, 0.4) is 0 Å². The van der Waals surface area contributed by atoms with Crippen LogP contribution in [0.2, 0.25) is 0 Å². The molecule has 0 aliphatic carbocycles. The van der Waals surface area contributed by atoms with Crippen molar-refractivity contribution >= 4 is 33.2 Å². The highest BCUT2D eigenvalue weighted by molar-refractivity contribution is 9.10. The molecule has 0 bridgehead atoms. The molecule has 1 aromatic carbocycles. The summed E-state index contributed by atoms with van der Waals surface area (Å²) in [4.78, 5) is 17.7. The van der Waals surface area contributed by atoms with E-state index in [4.69, 9.17) is 4.74 Å². The number of ether oxygens (including phenoxy) is 1. The van der Waals surface area contributed by atoms with Gasteiger partial charge in [-0.3, -0.25) is 9.69 Å². The minimum absolute atomic E-state index is 0.0999. The number of halogens is 2. The van der Waals surface area contributed by atoms with Crippen molar-refractivity contribution in [2.45, 2.75) is 6.54 Å². The first-order valence-corrected chi connectivity index (χ1v) is 9.39. The third-order valence-electron chi connectivity index (χ3n) is 3.93. The fourth-order valence-corrected chi connectivity index (χ4v) is 3.68. The summed E-state index contributed by atoms with van der Waals surface area (Å²) >= 11 is 4.94. The first-order valence-electron chi connectivity index (χ1n) is 7.72. The van der Waals surface area contributed by atoms with Gasteiger partial charge in [0.25, 0.3) is 5.91 Å². The number of thiophene rings is 1. The summed E-state index contributed by atoms with van der Waals surface area (Å²) in [5.41, 5.74) is 0. The van der Waals surface area contributed by atoms with E-state index >= 15 is 0 Å². The first kappa shape index (κ1) is 17.4. The monoisotopic (exact) mass is 412 g/mol. The standard InChI is InChI=1S/C17H18BrFN2O2S/c18-13-3-4-16(15(19)10-13)23-12-17(22)21-7-5-20(6-8-21)11-14-2-1-9-24-14/h1-4,9-10H,5-8,11-12H2. The second kappa shape index (κ2) is 8.09. The number of carbonyl (C=O) groups excluding carboxylic acids is 1. The van der Waals surface area contributed by atoms with Crippen LogP contribution in [0.4, 0.5) is 4.39 Å². The molecule has 0 N–H and O–H groups in total. The second-order valence-corrected chi connectivity index (χ2v) is 7.55. The van der Waals surface area contributed by atoms with Gasteiger partial charge in [-0.15, -0.1) is 11.3 Å². The number of benzene rings is 1. The molecule has 0 spiro atoms. The van der Waals surface area contributed by atoms with E-state index in [1.54, 1.807) is 22.3 Å². The van der Waals surface area contributed by atoms with Gasteiger partial charge in [-0.05, 0) is 29.6 Å². The van der Waals surface area contributed by atoms with Crippen molar-refractivity contribution in [2.24, 2.45) is 0 Å². The Labute approximate surface area is 153 Å². The van der Waals surface area contributed by atoms with Gasteiger partial charge in [0.1, 0.15) is 0 Å². The maximum absolute atomic E-state index is 13.7. The van der Waals surface area contributed by atoms with Crippen molar-refractivity contribution < 1.29 is 13.9 Å². The highest BCUT2D eigenvalue weighted by Gasteiger charge is 2.21. The molecule has 1 aliphatic heterocycles. The van der Waals surface area contributed by atoms with Gasteiger partial charge in [0.15, 0.2) is 18.2 Å². The molecule has 7 heteroatoms. The lowest BCUT2D eigenvalue weighted by Crippen LogP contribution is -2.49. The molecule has 0 saturated carbocycles. The Morgan fingerprint density at radius 3 is 2.71 bits per heavy atom. The lowest BCUT2D eigenvalue weighted by atomic mass is 10.3. The molecule has 128 valence electrons. The maximum atomic E-state index is 13.7. The van der Waals surface area contributed by atoms with Gasteiger partial charge in [-0.25, -0.2) is 4.39 Å². The van der Waals surface area contributed by atoms with Gasteiger partial charge in [0.05, 0.1) is 0 Å². The number of nitrogens with zero attached hydrogens (tertiary/aromatic N) is 2. The highest BCUT2D eigenvalue weighted by Crippen LogP contribution is 2.21. The van der Waals surface area contributed by atoms with Crippen molar-refractivity contribution in [1.82, 2.24) is 9.80 Å². The summed E-state index contributed by atoms with van der Waals surface area (Å²) < 4.78 is 19.6. The van der Waals surface area contributed by atoms with E-state index in [0.717, 1.165) is 19.6 Å². The third-order valence-corrected chi connectivity index (χ3v) is 5.28. The molecule has 3 rings (SSSR count). The van der Waals surface area contributed by atoms with Crippen LogP contribution in [0.25, 0.3) is 0 Å². The number of hydrogen-bond acceptors (Lipinski definition) is 4. The molecule has 1 fully saturated rings. The fraction of sp³-hybridized carbons (Fsp3) is 0.353. The fourth-order valence-electron chi connectivity index (χ4n) is 2.60. The van der Waals surface area contributed by atoms with E-state index in [9.17, 15) is 9.18 Å². The van der Waals surface area contributed by atoms with Crippen LogP contribution in [0.5, 0.6) is 5.75 Å². The second-order valence-electron chi connectivity index (χ2n) is 5.60. The summed E-state index contributed by atoms with van der Waals surface area (Å²) in [6.45, 7) is 3.84. The van der Waals surface area contributed by atoms with Gasteiger partial charge < -0.3 is 9.64 Å². The Kier molecular flexibility index (Phi) is 5.86. The predicted octanol–water partition coefficient (Wildman–Crippen LogP) is 3.37. The molecule has 0 radical (unpaired) electrons. The minimum atomic E-state index is -0.474. The summed E-state index contributed by atoms with van der Waals surface area (Å²) in [5, 5.41) is 2.08. The van der Waals surface area contributed by atoms with E-state index in [0.29, 0.717) is 17.6 Å². The Balaban J connectivity index is 1.45. The number of amides is 1. The zero-order chi connectivity index (χ0) is 16.9. The molecule has 1 aromatic heterocycles. The minimum Gasteiger partial charge on any atom is -0.481 e. The number of rotatable bonds is 5. The molecule has 0 unspecified atom stereocenters. The molecule has 1 amide bonds. The molecule has 24 heavy (non-hydrogen) atoms. The Hall–Kier alpha value is -1.44. The van der Waals surface area contributed by atoms with Crippen molar-refractivity contribution in [3.8, 4) is 5.75 Å². The first-order chi connectivity index (χ1) is 11.6. The van der Waals surface area contributed by atoms with E-state index in [1.807, 2.05) is 0 Å². The molecule has 2 heterocycles. The normalized spacial score (nSPS) is 15.5. The van der Waals surface area contributed by atoms with Gasteiger partial charge in [0.2, 0.25) is 0 Å². The zero-order valence-corrected chi connectivity index (χ0v) is 15.5. The van der Waals surface area contributed by atoms with Crippen LogP contribution in [-0.2, 0) is 11.3 Å². The number of carbonyl (C=O) groups is 1. The van der Waals surface area contributed by atoms with Crippen molar-refractivity contribution in [3.05, 3.63) is 50.9 Å². The summed E-state index contributed by atoms with van der Waals surface area (Å²) in [6.07, 6.45) is 0. The lowest BCUT2D eigenvalue weighted by molar-refractivity contribution is -0.135. The molecular weight excluding hydrogens is 395 g/mol. The largest absolute Gasteiger partial charge is 0.481 e. The molecule has 4 nitrogen and oxygen atoms in total. The molecule has 1 aliphatic rings. The molecule has 1 saturated heterocycles. The summed E-state index contributed by atoms with van der Waals surface area (Å²) in [6, 6.07) is 8.71. The van der Waals surface area contributed by atoms with Gasteiger partial charge in [-0.2, -0.15) is 0 Å². The number of hydrogen-bond donors (Lipinski definition) is 0. The SMILES string of the molecule is O=C(COc1ccc(Br)cc1F)N1CCN(Cc2cccs2)CC1. The van der Waals surface area contributed by atoms with Crippen LogP contribution in [-0.4, -0.2) is 48.5 Å². The van der Waals surface area contributed by atoms with Gasteiger partial charge in [-0.1, -0.05) is 22.0 Å². The summed E-state index contributed by atoms with van der Waals surface area (Å²) in [7, 11) is 0. The Bertz CT molecular complexity index is 688. The van der Waals surface area contributed by atoms with Crippen molar-refractivity contribution in [3.63, 3.8) is 0 Å². The van der Waals surface area contributed by atoms with Crippen LogP contribution in [0, 0.1) is 5.82 Å². The molecule has 2 aromatic rings. The van der Waals surface area contributed by atoms with Crippen LogP contribution >= 0.6 is 27.3 Å². The smallest absolute Gasteiger partial charge is 0.260 e. The lowest BCUT2D eigenvalue weighted by Gasteiger charge is -2.34. The van der Waals surface area contributed by atoms with Crippen LogP contribution in [0.1, 0.15) is 4.88 Å². The van der Waals surface area contributed by atoms with Crippen LogP contribution < -0.4 is 4.74 Å².